The Bertz CT molecular complexity index is 1230. The third-order valence-electron chi connectivity index (χ3n) is 5.36. The zero-order valence-electron chi connectivity index (χ0n) is 17.5. The summed E-state index contributed by atoms with van der Waals surface area (Å²) in [5, 5.41) is 0.929. The number of benzene rings is 2. The standard InChI is InChI=1S/C23H23N5O3/c1-3-30-21-10-16-19(11-20(21)29-2)25-14-26-23(16)28-9-8-15(13-28)31-22-12-24-17-6-4-5-7-18(17)27-22/h4-7,10-12,14-15H,3,8-9,13H2,1-2H3. The Morgan fingerprint density at radius 1 is 1.03 bits per heavy atom. The fourth-order valence-electron chi connectivity index (χ4n) is 3.91. The van der Waals surface area contributed by atoms with Crippen molar-refractivity contribution in [3.05, 3.63) is 48.9 Å². The highest BCUT2D eigenvalue weighted by Crippen LogP contribution is 2.36. The summed E-state index contributed by atoms with van der Waals surface area (Å²) in [6, 6.07) is 11.6. The molecule has 0 bridgehead atoms. The summed E-state index contributed by atoms with van der Waals surface area (Å²) in [5.74, 6) is 2.76. The second kappa shape index (κ2) is 8.22. The van der Waals surface area contributed by atoms with Gasteiger partial charge in [-0.05, 0) is 25.1 Å². The van der Waals surface area contributed by atoms with Crippen molar-refractivity contribution in [2.45, 2.75) is 19.4 Å². The molecule has 5 rings (SSSR count). The first-order chi connectivity index (χ1) is 15.2. The predicted octanol–water partition coefficient (Wildman–Crippen LogP) is 3.64. The minimum Gasteiger partial charge on any atom is -0.493 e. The van der Waals surface area contributed by atoms with E-state index in [1.807, 2.05) is 43.3 Å². The smallest absolute Gasteiger partial charge is 0.233 e. The van der Waals surface area contributed by atoms with Gasteiger partial charge in [0, 0.05) is 24.4 Å². The molecule has 158 valence electrons. The van der Waals surface area contributed by atoms with Crippen LogP contribution in [0.2, 0.25) is 0 Å². The van der Waals surface area contributed by atoms with Gasteiger partial charge in [-0.15, -0.1) is 0 Å². The zero-order valence-corrected chi connectivity index (χ0v) is 17.5. The summed E-state index contributed by atoms with van der Waals surface area (Å²) in [7, 11) is 1.63. The summed E-state index contributed by atoms with van der Waals surface area (Å²) >= 11 is 0. The quantitative estimate of drug-likeness (QED) is 0.470. The fourth-order valence-corrected chi connectivity index (χ4v) is 3.91. The molecule has 8 heteroatoms. The Balaban J connectivity index is 1.39. The molecule has 2 aromatic heterocycles. The van der Waals surface area contributed by atoms with Crippen molar-refractivity contribution < 1.29 is 14.2 Å². The number of nitrogens with zero attached hydrogens (tertiary/aromatic N) is 5. The Labute approximate surface area is 179 Å². The van der Waals surface area contributed by atoms with Gasteiger partial charge in [-0.1, -0.05) is 12.1 Å². The van der Waals surface area contributed by atoms with Gasteiger partial charge in [0.1, 0.15) is 18.2 Å². The van der Waals surface area contributed by atoms with Crippen LogP contribution in [0.1, 0.15) is 13.3 Å². The van der Waals surface area contributed by atoms with E-state index < -0.39 is 0 Å². The molecule has 0 aliphatic carbocycles. The minimum absolute atomic E-state index is 0.00471. The summed E-state index contributed by atoms with van der Waals surface area (Å²) in [4.78, 5) is 20.2. The lowest BCUT2D eigenvalue weighted by Gasteiger charge is -2.20. The normalized spacial score (nSPS) is 16.1. The summed E-state index contributed by atoms with van der Waals surface area (Å²) < 4.78 is 17.3. The molecule has 4 aromatic rings. The molecule has 1 aliphatic rings. The lowest BCUT2D eigenvalue weighted by Crippen LogP contribution is -2.25. The molecular formula is C23H23N5O3. The third-order valence-corrected chi connectivity index (χ3v) is 5.36. The van der Waals surface area contributed by atoms with Crippen LogP contribution in [0.25, 0.3) is 21.9 Å². The number of anilines is 1. The molecule has 1 atom stereocenters. The summed E-state index contributed by atoms with van der Waals surface area (Å²) in [6.07, 6.45) is 4.14. The van der Waals surface area contributed by atoms with Crippen LogP contribution >= 0.6 is 0 Å². The van der Waals surface area contributed by atoms with E-state index >= 15 is 0 Å². The van der Waals surface area contributed by atoms with Crippen molar-refractivity contribution in [3.63, 3.8) is 0 Å². The average Bonchev–Trinajstić information content (AvgIpc) is 3.26. The van der Waals surface area contributed by atoms with E-state index in [4.69, 9.17) is 14.2 Å². The van der Waals surface area contributed by atoms with Crippen LogP contribution in [0.3, 0.4) is 0 Å². The molecule has 0 amide bonds. The van der Waals surface area contributed by atoms with E-state index in [0.717, 1.165) is 40.7 Å². The van der Waals surface area contributed by atoms with Gasteiger partial charge < -0.3 is 19.1 Å². The SMILES string of the molecule is CCOc1cc2c(N3CCC(Oc4cnc5ccccc5n4)C3)ncnc2cc1OC. The lowest BCUT2D eigenvalue weighted by molar-refractivity contribution is 0.216. The second-order valence-corrected chi connectivity index (χ2v) is 7.32. The van der Waals surface area contributed by atoms with Gasteiger partial charge in [-0.2, -0.15) is 0 Å². The van der Waals surface area contributed by atoms with Crippen molar-refractivity contribution in [1.82, 2.24) is 19.9 Å². The number of ether oxygens (including phenoxy) is 3. The average molecular weight is 417 g/mol. The highest BCUT2D eigenvalue weighted by molar-refractivity contribution is 5.92. The molecule has 8 nitrogen and oxygen atoms in total. The van der Waals surface area contributed by atoms with Gasteiger partial charge in [0.15, 0.2) is 11.5 Å². The maximum atomic E-state index is 6.14. The van der Waals surface area contributed by atoms with Crippen LogP contribution < -0.4 is 19.1 Å². The Kier molecular flexibility index (Phi) is 5.11. The van der Waals surface area contributed by atoms with Crippen molar-refractivity contribution in [3.8, 4) is 17.4 Å². The maximum Gasteiger partial charge on any atom is 0.233 e. The van der Waals surface area contributed by atoms with Gasteiger partial charge in [-0.25, -0.2) is 19.9 Å². The van der Waals surface area contributed by atoms with Crippen LogP contribution in [0.4, 0.5) is 5.82 Å². The molecule has 31 heavy (non-hydrogen) atoms. The Hall–Kier alpha value is -3.68. The van der Waals surface area contributed by atoms with Crippen molar-refractivity contribution in [2.75, 3.05) is 31.7 Å². The Morgan fingerprint density at radius 3 is 2.74 bits per heavy atom. The zero-order chi connectivity index (χ0) is 21.2. The monoisotopic (exact) mass is 417 g/mol. The van der Waals surface area contributed by atoms with E-state index in [2.05, 4.69) is 24.8 Å². The van der Waals surface area contributed by atoms with Crippen LogP contribution in [0, 0.1) is 0 Å². The third kappa shape index (κ3) is 3.76. The van der Waals surface area contributed by atoms with Crippen LogP contribution in [-0.2, 0) is 0 Å². The molecule has 0 radical (unpaired) electrons. The highest BCUT2D eigenvalue weighted by Gasteiger charge is 2.27. The first-order valence-electron chi connectivity index (χ1n) is 10.3. The predicted molar refractivity (Wildman–Crippen MR) is 118 cm³/mol. The molecule has 1 unspecified atom stereocenters. The van der Waals surface area contributed by atoms with E-state index in [0.29, 0.717) is 30.5 Å². The number of fused-ring (bicyclic) bond motifs is 2. The molecule has 1 saturated heterocycles. The summed E-state index contributed by atoms with van der Waals surface area (Å²) in [6.45, 7) is 4.03. The van der Waals surface area contributed by atoms with E-state index in [9.17, 15) is 0 Å². The van der Waals surface area contributed by atoms with Crippen LogP contribution in [-0.4, -0.2) is 52.8 Å². The van der Waals surface area contributed by atoms with E-state index in [1.165, 1.54) is 0 Å². The van der Waals surface area contributed by atoms with Crippen LogP contribution in [0.15, 0.2) is 48.9 Å². The lowest BCUT2D eigenvalue weighted by atomic mass is 10.2. The second-order valence-electron chi connectivity index (χ2n) is 7.32. The van der Waals surface area contributed by atoms with Crippen molar-refractivity contribution in [2.24, 2.45) is 0 Å². The largest absolute Gasteiger partial charge is 0.493 e. The number of methoxy groups -OCH3 is 1. The molecule has 2 aromatic carbocycles. The number of para-hydroxylation sites is 2. The molecular weight excluding hydrogens is 394 g/mol. The topological polar surface area (TPSA) is 82.5 Å². The van der Waals surface area contributed by atoms with Crippen molar-refractivity contribution in [1.29, 1.82) is 0 Å². The van der Waals surface area contributed by atoms with Gasteiger partial charge in [0.2, 0.25) is 5.88 Å². The van der Waals surface area contributed by atoms with Gasteiger partial charge in [0.25, 0.3) is 0 Å². The molecule has 1 fully saturated rings. The number of hydrogen-bond donors (Lipinski definition) is 0. The van der Waals surface area contributed by atoms with Crippen molar-refractivity contribution >= 4 is 27.8 Å². The van der Waals surface area contributed by atoms with Crippen LogP contribution in [0.5, 0.6) is 17.4 Å². The van der Waals surface area contributed by atoms with Gasteiger partial charge >= 0.3 is 0 Å². The fraction of sp³-hybridized carbons (Fsp3) is 0.304. The molecule has 0 spiro atoms. The maximum absolute atomic E-state index is 6.14. The Morgan fingerprint density at radius 2 is 1.90 bits per heavy atom. The first kappa shape index (κ1) is 19.3. The highest BCUT2D eigenvalue weighted by atomic mass is 16.5. The number of aromatic nitrogens is 4. The number of rotatable bonds is 6. The molecule has 0 saturated carbocycles. The summed E-state index contributed by atoms with van der Waals surface area (Å²) in [5.41, 5.74) is 2.50. The molecule has 3 heterocycles. The van der Waals surface area contributed by atoms with E-state index in [1.54, 1.807) is 19.6 Å². The van der Waals surface area contributed by atoms with Gasteiger partial charge in [-0.3, -0.25) is 0 Å². The molecule has 1 aliphatic heterocycles. The molecule has 0 N–H and O–H groups in total. The minimum atomic E-state index is 0.00471. The first-order valence-corrected chi connectivity index (χ1v) is 10.3. The number of hydrogen-bond acceptors (Lipinski definition) is 8. The van der Waals surface area contributed by atoms with Gasteiger partial charge in [0.05, 0.1) is 43.0 Å². The van der Waals surface area contributed by atoms with E-state index in [-0.39, 0.29) is 6.10 Å².